The van der Waals surface area contributed by atoms with Crippen molar-refractivity contribution in [3.63, 3.8) is 0 Å². The van der Waals surface area contributed by atoms with Gasteiger partial charge in [0.15, 0.2) is 5.69 Å². The molecular formula is C75H117N11O18. The number of Topliss-reactive ketones (excluding diaryl/α,β-unsaturated/α-hetero) is 1. The lowest BCUT2D eigenvalue weighted by atomic mass is 9.48. The molecule has 8 rings (SSSR count). The molecular weight excluding hydrogens is 1340 g/mol. The summed E-state index contributed by atoms with van der Waals surface area (Å²) in [6, 6.07) is 12.6. The minimum atomic E-state index is -1.35. The molecule has 2 aromatic carbocycles. The summed E-state index contributed by atoms with van der Waals surface area (Å²) in [5.41, 5.74) is 1.83. The SMILES string of the molecule is CCCC(=O)CCC(=O)N(C)CCCN(C)CCCN(C)C(=O)c1ccc(-n2nc(C(=O)NC3(C(=O)O)C4CC5CC(C4)CC3C5)cc2-c2c(OC)cccc2OC)c(C(C)C)c1.CCCOCCOCCOCCCNC(=O)CN1CCN(CC(=O)O)CCN(CC(=O)O)CCN(CC(=O)O)CC1. The van der Waals surface area contributed by atoms with Crippen LogP contribution in [0.15, 0.2) is 42.5 Å². The van der Waals surface area contributed by atoms with Gasteiger partial charge in [0.25, 0.3) is 11.8 Å². The van der Waals surface area contributed by atoms with Crippen molar-refractivity contribution in [3.05, 3.63) is 59.3 Å². The molecule has 5 aliphatic rings. The van der Waals surface area contributed by atoms with E-state index in [1.165, 1.54) is 0 Å². The van der Waals surface area contributed by atoms with Gasteiger partial charge in [-0.15, -0.1) is 0 Å². The van der Waals surface area contributed by atoms with E-state index in [1.54, 1.807) is 69.6 Å². The number of nitrogens with zero attached hydrogens (tertiary/aromatic N) is 9. The molecule has 1 aromatic heterocycles. The highest BCUT2D eigenvalue weighted by atomic mass is 16.5. The number of carboxylic acids is 4. The first-order valence-corrected chi connectivity index (χ1v) is 37.1. The smallest absolute Gasteiger partial charge is 0.330 e. The third kappa shape index (κ3) is 26.4. The maximum absolute atomic E-state index is 14.4. The second-order valence-electron chi connectivity index (χ2n) is 28.4. The van der Waals surface area contributed by atoms with Crippen LogP contribution in [0, 0.1) is 23.7 Å². The minimum Gasteiger partial charge on any atom is -0.496 e. The van der Waals surface area contributed by atoms with Gasteiger partial charge in [0.2, 0.25) is 11.8 Å². The summed E-state index contributed by atoms with van der Waals surface area (Å²) in [6.07, 6.45) is 9.43. The fourth-order valence-electron chi connectivity index (χ4n) is 14.8. The Balaban J connectivity index is 0.000000360. The van der Waals surface area contributed by atoms with E-state index in [-0.39, 0.29) is 79.6 Å². The van der Waals surface area contributed by atoms with E-state index in [1.807, 2.05) is 70.0 Å². The molecule has 580 valence electrons. The van der Waals surface area contributed by atoms with E-state index < -0.39 is 35.3 Å². The zero-order valence-corrected chi connectivity index (χ0v) is 62.9. The number of methoxy groups -OCH3 is 2. The Kier molecular flexibility index (Phi) is 35.9. The molecule has 0 spiro atoms. The second kappa shape index (κ2) is 43.7. The number of nitrogens with one attached hydrogen (secondary N) is 2. The number of carbonyl (C=O) groups is 9. The molecule has 4 aliphatic carbocycles. The maximum atomic E-state index is 14.4. The van der Waals surface area contributed by atoms with Gasteiger partial charge in [-0.1, -0.05) is 33.8 Å². The van der Waals surface area contributed by atoms with Crippen LogP contribution in [0.5, 0.6) is 11.5 Å². The number of rotatable bonds is 42. The van der Waals surface area contributed by atoms with Crippen LogP contribution >= 0.6 is 0 Å². The Bertz CT molecular complexity index is 3190. The third-order valence-corrected chi connectivity index (χ3v) is 20.1. The number of hydrogen-bond donors (Lipinski definition) is 6. The van der Waals surface area contributed by atoms with Crippen molar-refractivity contribution >= 4 is 53.3 Å². The number of ether oxygens (including phenoxy) is 5. The predicted molar refractivity (Wildman–Crippen MR) is 391 cm³/mol. The Morgan fingerprint density at radius 1 is 0.587 bits per heavy atom. The van der Waals surface area contributed by atoms with Gasteiger partial charge in [0.1, 0.15) is 22.8 Å². The average Bonchev–Trinajstić information content (AvgIpc) is 0.869. The summed E-state index contributed by atoms with van der Waals surface area (Å²) in [5, 5.41) is 49.5. The summed E-state index contributed by atoms with van der Waals surface area (Å²) in [7, 11) is 8.75. The first-order valence-electron chi connectivity index (χ1n) is 37.1. The summed E-state index contributed by atoms with van der Waals surface area (Å²) < 4.78 is 29.6. The number of ketones is 1. The van der Waals surface area contributed by atoms with Crippen molar-refractivity contribution in [3.8, 4) is 28.4 Å². The average molecular weight is 1460 g/mol. The van der Waals surface area contributed by atoms with Crippen molar-refractivity contribution in [1.82, 2.24) is 54.7 Å². The molecule has 29 heteroatoms. The minimum absolute atomic E-state index is 0.00671. The van der Waals surface area contributed by atoms with Gasteiger partial charge in [0, 0.05) is 124 Å². The number of benzene rings is 2. The Labute approximate surface area is 613 Å². The van der Waals surface area contributed by atoms with Crippen LogP contribution in [0.3, 0.4) is 0 Å². The lowest BCUT2D eigenvalue weighted by Gasteiger charge is -2.59. The van der Waals surface area contributed by atoms with Crippen molar-refractivity contribution in [2.75, 3.05) is 186 Å². The monoisotopic (exact) mass is 1460 g/mol. The van der Waals surface area contributed by atoms with Crippen LogP contribution in [0.25, 0.3) is 16.9 Å². The van der Waals surface area contributed by atoms with E-state index >= 15 is 0 Å². The van der Waals surface area contributed by atoms with Crippen LogP contribution in [-0.2, 0) is 47.8 Å². The molecule has 5 fully saturated rings. The zero-order chi connectivity index (χ0) is 75.9. The fraction of sp³-hybridized carbons (Fsp3) is 0.680. The third-order valence-electron chi connectivity index (χ3n) is 20.1. The van der Waals surface area contributed by atoms with Gasteiger partial charge in [-0.3, -0.25) is 58.0 Å². The molecule has 1 aliphatic heterocycles. The number of aliphatic carboxylic acids is 4. The Morgan fingerprint density at radius 3 is 1.57 bits per heavy atom. The van der Waals surface area contributed by atoms with E-state index in [2.05, 4.69) is 15.5 Å². The van der Waals surface area contributed by atoms with Crippen LogP contribution in [-0.4, -0.2) is 310 Å². The highest BCUT2D eigenvalue weighted by Crippen LogP contribution is 2.58. The van der Waals surface area contributed by atoms with E-state index in [9.17, 15) is 63.6 Å². The lowest BCUT2D eigenvalue weighted by Crippen LogP contribution is -2.70. The molecule has 0 unspecified atom stereocenters. The van der Waals surface area contributed by atoms with Crippen LogP contribution in [0.2, 0.25) is 0 Å². The molecule has 29 nitrogen and oxygen atoms in total. The predicted octanol–water partition coefficient (Wildman–Crippen LogP) is 5.51. The number of carbonyl (C=O) groups excluding carboxylic acids is 5. The van der Waals surface area contributed by atoms with E-state index in [4.69, 9.17) is 28.8 Å². The molecule has 0 radical (unpaired) electrons. The Hall–Kier alpha value is -7.64. The Morgan fingerprint density at radius 2 is 1.09 bits per heavy atom. The molecule has 104 heavy (non-hydrogen) atoms. The van der Waals surface area contributed by atoms with Gasteiger partial charge in [-0.25, -0.2) is 9.48 Å². The number of amides is 4. The second-order valence-corrected chi connectivity index (χ2v) is 28.4. The summed E-state index contributed by atoms with van der Waals surface area (Å²) in [5.74, 6) is -2.95. The standard InChI is InChI=1S/C49H68N6O8.C26H49N5O10/c1-9-13-37(56)17-19-44(57)53(5)22-11-20-52(4)21-12-23-54(6)47(59)34-16-18-40(38(29-34)31(2)3)55-41(45-42(62-7)14-10-15-43(45)63-8)30-39(51-55)46(58)50-49(48(60)61)35-25-32-24-33(27-35)28-36(49)26-32;1-2-13-39-15-17-41-18-16-40-14-3-4-27-23(32)19-28-5-7-29(20-24(33)34)9-11-31(22-26(37)38)12-10-30(8-6-28)21-25(35)36/h10,14-16,18,29-33,35-36H,9,11-13,17,19-28H2,1-8H3,(H,50,58)(H,60,61);2-22H2,1H3,(H,27,32)(H,33,34)(H,35,36)(H,37,38). The first-order chi connectivity index (χ1) is 49.8. The quantitative estimate of drug-likeness (QED) is 0.0381. The van der Waals surface area contributed by atoms with Gasteiger partial charge in [-0.2, -0.15) is 5.10 Å². The maximum Gasteiger partial charge on any atom is 0.330 e. The molecule has 0 atom stereocenters. The van der Waals surface area contributed by atoms with Crippen molar-refractivity contribution in [2.24, 2.45) is 23.7 Å². The van der Waals surface area contributed by atoms with Crippen LogP contribution < -0.4 is 20.1 Å². The van der Waals surface area contributed by atoms with Crippen LogP contribution in [0.4, 0.5) is 0 Å². The van der Waals surface area contributed by atoms with Gasteiger partial charge in [-0.05, 0) is 156 Å². The lowest BCUT2D eigenvalue weighted by molar-refractivity contribution is -0.163. The fourth-order valence-corrected chi connectivity index (χ4v) is 14.8. The highest BCUT2D eigenvalue weighted by molar-refractivity contribution is 5.99. The number of hydrogen-bond acceptors (Lipinski definition) is 20. The normalized spacial score (nSPS) is 19.5. The molecule has 2 heterocycles. The molecule has 6 N–H and O–H groups in total. The molecule has 4 amide bonds. The summed E-state index contributed by atoms with van der Waals surface area (Å²) >= 11 is 0. The molecule has 4 bridgehead atoms. The molecule has 1 saturated heterocycles. The van der Waals surface area contributed by atoms with Gasteiger partial charge < -0.3 is 69.4 Å². The van der Waals surface area contributed by atoms with Crippen LogP contribution in [0.1, 0.15) is 143 Å². The van der Waals surface area contributed by atoms with E-state index in [0.29, 0.717) is 170 Å². The number of carboxylic acid groups (broad SMARTS) is 4. The summed E-state index contributed by atoms with van der Waals surface area (Å²) in [6.45, 7) is 16.8. The number of aromatic nitrogens is 2. The first kappa shape index (κ1) is 85.3. The van der Waals surface area contributed by atoms with Crippen molar-refractivity contribution in [1.29, 1.82) is 0 Å². The highest BCUT2D eigenvalue weighted by Gasteiger charge is 2.62. The van der Waals surface area contributed by atoms with Crippen molar-refractivity contribution < 1.29 is 87.3 Å². The molecule has 4 saturated carbocycles. The largest absolute Gasteiger partial charge is 0.496 e. The van der Waals surface area contributed by atoms with E-state index in [0.717, 1.165) is 83.0 Å². The van der Waals surface area contributed by atoms with Crippen molar-refractivity contribution in [2.45, 2.75) is 123 Å². The zero-order valence-electron chi connectivity index (χ0n) is 62.9. The molecule has 3 aromatic rings. The summed E-state index contributed by atoms with van der Waals surface area (Å²) in [4.78, 5) is 125. The van der Waals surface area contributed by atoms with Gasteiger partial charge >= 0.3 is 23.9 Å². The van der Waals surface area contributed by atoms with Gasteiger partial charge in [0.05, 0.1) is 83.8 Å². The topological polar surface area (TPSA) is 345 Å².